The van der Waals surface area contributed by atoms with E-state index in [1.807, 2.05) is 0 Å². The van der Waals surface area contributed by atoms with Crippen LogP contribution in [0, 0.1) is 0 Å². The minimum absolute atomic E-state index is 0.821. The van der Waals surface area contributed by atoms with Crippen molar-refractivity contribution in [1.82, 2.24) is 15.1 Å². The average Bonchev–Trinajstić information content (AvgIpc) is 2.99. The van der Waals surface area contributed by atoms with E-state index in [0.29, 0.717) is 0 Å². The van der Waals surface area contributed by atoms with Crippen LogP contribution in [-0.2, 0) is 0 Å². The standard InChI is InChI=1S/C14H29N3/c1-16(12-13-17-9-4-5-10-17)11-8-15-14-6-2-3-7-14/h14-15H,2-13H2,1H3. The van der Waals surface area contributed by atoms with Gasteiger partial charge >= 0.3 is 0 Å². The van der Waals surface area contributed by atoms with Gasteiger partial charge < -0.3 is 15.1 Å². The molecule has 0 aromatic carbocycles. The number of nitrogens with zero attached hydrogens (tertiary/aromatic N) is 2. The number of likely N-dealkylation sites (N-methyl/N-ethyl adjacent to an activating group) is 1. The number of likely N-dealkylation sites (tertiary alicyclic amines) is 1. The van der Waals surface area contributed by atoms with Crippen molar-refractivity contribution in [3.05, 3.63) is 0 Å². The summed E-state index contributed by atoms with van der Waals surface area (Å²) in [7, 11) is 2.26. The number of hydrogen-bond acceptors (Lipinski definition) is 3. The van der Waals surface area contributed by atoms with Gasteiger partial charge in [0.15, 0.2) is 0 Å². The molecule has 1 N–H and O–H groups in total. The first-order valence-corrected chi connectivity index (χ1v) is 7.49. The van der Waals surface area contributed by atoms with E-state index in [1.54, 1.807) is 0 Å². The summed E-state index contributed by atoms with van der Waals surface area (Å²) in [4.78, 5) is 5.07. The lowest BCUT2D eigenvalue weighted by Crippen LogP contribution is -2.37. The molecule has 2 fully saturated rings. The molecular formula is C14H29N3. The maximum absolute atomic E-state index is 3.69. The van der Waals surface area contributed by atoms with E-state index in [4.69, 9.17) is 0 Å². The van der Waals surface area contributed by atoms with Crippen molar-refractivity contribution >= 4 is 0 Å². The van der Waals surface area contributed by atoms with Gasteiger partial charge in [0, 0.05) is 32.2 Å². The smallest absolute Gasteiger partial charge is 0.0109 e. The molecule has 3 heteroatoms. The molecule has 0 radical (unpaired) electrons. The molecule has 0 spiro atoms. The van der Waals surface area contributed by atoms with Crippen LogP contribution < -0.4 is 5.32 Å². The van der Waals surface area contributed by atoms with Gasteiger partial charge in [-0.05, 0) is 45.8 Å². The Kier molecular flexibility index (Phi) is 5.75. The molecule has 1 aliphatic carbocycles. The third-order valence-corrected chi connectivity index (χ3v) is 4.28. The second kappa shape index (κ2) is 7.34. The van der Waals surface area contributed by atoms with Crippen LogP contribution in [0.5, 0.6) is 0 Å². The van der Waals surface area contributed by atoms with E-state index in [9.17, 15) is 0 Å². The molecular weight excluding hydrogens is 210 g/mol. The van der Waals surface area contributed by atoms with Gasteiger partial charge in [-0.2, -0.15) is 0 Å². The first-order chi connectivity index (χ1) is 8.34. The summed E-state index contributed by atoms with van der Waals surface area (Å²) in [6.07, 6.45) is 8.49. The number of nitrogens with one attached hydrogen (secondary N) is 1. The largest absolute Gasteiger partial charge is 0.313 e. The SMILES string of the molecule is CN(CCNC1CCCC1)CCN1CCCC1. The second-order valence-electron chi connectivity index (χ2n) is 5.79. The summed E-state index contributed by atoms with van der Waals surface area (Å²) in [6.45, 7) is 7.51. The minimum atomic E-state index is 0.821. The molecule has 0 atom stereocenters. The molecule has 1 aliphatic heterocycles. The van der Waals surface area contributed by atoms with Crippen molar-refractivity contribution in [2.24, 2.45) is 0 Å². The number of rotatable bonds is 7. The van der Waals surface area contributed by atoms with Crippen LogP contribution in [0.1, 0.15) is 38.5 Å². The molecule has 100 valence electrons. The minimum Gasteiger partial charge on any atom is -0.313 e. The van der Waals surface area contributed by atoms with Crippen molar-refractivity contribution in [3.63, 3.8) is 0 Å². The maximum atomic E-state index is 3.69. The lowest BCUT2D eigenvalue weighted by molar-refractivity contribution is 0.254. The molecule has 0 amide bonds. The third kappa shape index (κ3) is 4.94. The highest BCUT2D eigenvalue weighted by Crippen LogP contribution is 2.17. The summed E-state index contributed by atoms with van der Waals surface area (Å²) in [5, 5.41) is 3.69. The molecule has 2 aliphatic rings. The highest BCUT2D eigenvalue weighted by Gasteiger charge is 2.14. The monoisotopic (exact) mass is 239 g/mol. The van der Waals surface area contributed by atoms with Crippen molar-refractivity contribution in [3.8, 4) is 0 Å². The summed E-state index contributed by atoms with van der Waals surface area (Å²) < 4.78 is 0. The van der Waals surface area contributed by atoms with Crippen LogP contribution in [0.2, 0.25) is 0 Å². The van der Waals surface area contributed by atoms with Crippen LogP contribution >= 0.6 is 0 Å². The van der Waals surface area contributed by atoms with E-state index in [2.05, 4.69) is 22.2 Å². The van der Waals surface area contributed by atoms with Gasteiger partial charge in [0.25, 0.3) is 0 Å². The summed E-state index contributed by atoms with van der Waals surface area (Å²) >= 11 is 0. The Labute approximate surface area is 107 Å². The fraction of sp³-hybridized carbons (Fsp3) is 1.00. The van der Waals surface area contributed by atoms with Gasteiger partial charge in [-0.1, -0.05) is 12.8 Å². The van der Waals surface area contributed by atoms with Crippen LogP contribution in [0.4, 0.5) is 0 Å². The maximum Gasteiger partial charge on any atom is 0.0109 e. The third-order valence-electron chi connectivity index (χ3n) is 4.28. The van der Waals surface area contributed by atoms with Crippen molar-refractivity contribution in [2.45, 2.75) is 44.6 Å². The Morgan fingerprint density at radius 2 is 1.76 bits per heavy atom. The zero-order valence-corrected chi connectivity index (χ0v) is 11.5. The molecule has 1 saturated heterocycles. The lowest BCUT2D eigenvalue weighted by Gasteiger charge is -2.22. The summed E-state index contributed by atoms with van der Waals surface area (Å²) in [5.41, 5.74) is 0. The zero-order valence-electron chi connectivity index (χ0n) is 11.5. The Balaban J connectivity index is 1.46. The zero-order chi connectivity index (χ0) is 11.9. The molecule has 1 heterocycles. The molecule has 0 bridgehead atoms. The first-order valence-electron chi connectivity index (χ1n) is 7.49. The molecule has 3 nitrogen and oxygen atoms in total. The van der Waals surface area contributed by atoms with Crippen molar-refractivity contribution in [2.75, 3.05) is 46.3 Å². The molecule has 0 unspecified atom stereocenters. The van der Waals surface area contributed by atoms with Crippen LogP contribution in [0.15, 0.2) is 0 Å². The van der Waals surface area contributed by atoms with Crippen molar-refractivity contribution < 1.29 is 0 Å². The van der Waals surface area contributed by atoms with E-state index >= 15 is 0 Å². The molecule has 0 aromatic rings. The second-order valence-corrected chi connectivity index (χ2v) is 5.79. The van der Waals surface area contributed by atoms with Gasteiger partial charge in [0.1, 0.15) is 0 Å². The highest BCUT2D eigenvalue weighted by atomic mass is 15.2. The normalized spacial score (nSPS) is 22.9. The van der Waals surface area contributed by atoms with Crippen LogP contribution in [0.25, 0.3) is 0 Å². The molecule has 2 rings (SSSR count). The fourth-order valence-electron chi connectivity index (χ4n) is 3.02. The summed E-state index contributed by atoms with van der Waals surface area (Å²) in [6, 6.07) is 0.821. The predicted molar refractivity (Wildman–Crippen MR) is 73.4 cm³/mol. The van der Waals surface area contributed by atoms with E-state index < -0.39 is 0 Å². The Morgan fingerprint density at radius 3 is 2.47 bits per heavy atom. The molecule has 17 heavy (non-hydrogen) atoms. The average molecular weight is 239 g/mol. The topological polar surface area (TPSA) is 18.5 Å². The van der Waals surface area contributed by atoms with E-state index in [0.717, 1.165) is 6.04 Å². The van der Waals surface area contributed by atoms with Gasteiger partial charge in [-0.15, -0.1) is 0 Å². The Hall–Kier alpha value is -0.120. The van der Waals surface area contributed by atoms with Gasteiger partial charge in [-0.25, -0.2) is 0 Å². The van der Waals surface area contributed by atoms with Gasteiger partial charge in [0.05, 0.1) is 0 Å². The van der Waals surface area contributed by atoms with E-state index in [-0.39, 0.29) is 0 Å². The lowest BCUT2D eigenvalue weighted by atomic mass is 10.2. The molecule has 0 aromatic heterocycles. The number of hydrogen-bond donors (Lipinski definition) is 1. The van der Waals surface area contributed by atoms with Crippen LogP contribution in [0.3, 0.4) is 0 Å². The molecule has 1 saturated carbocycles. The first kappa shape index (κ1) is 13.3. The van der Waals surface area contributed by atoms with E-state index in [1.165, 1.54) is 77.8 Å². The Morgan fingerprint density at radius 1 is 1.06 bits per heavy atom. The highest BCUT2D eigenvalue weighted by molar-refractivity contribution is 4.74. The van der Waals surface area contributed by atoms with Crippen molar-refractivity contribution in [1.29, 1.82) is 0 Å². The van der Waals surface area contributed by atoms with Gasteiger partial charge in [-0.3, -0.25) is 0 Å². The predicted octanol–water partition coefficient (Wildman–Crippen LogP) is 1.55. The fourth-order valence-corrected chi connectivity index (χ4v) is 3.02. The Bertz CT molecular complexity index is 196. The summed E-state index contributed by atoms with van der Waals surface area (Å²) in [5.74, 6) is 0. The van der Waals surface area contributed by atoms with Crippen LogP contribution in [-0.4, -0.2) is 62.2 Å². The quantitative estimate of drug-likeness (QED) is 0.727. The van der Waals surface area contributed by atoms with Gasteiger partial charge in [0.2, 0.25) is 0 Å².